The quantitative estimate of drug-likeness (QED) is 0.541. The van der Waals surface area contributed by atoms with E-state index in [1.54, 1.807) is 0 Å². The van der Waals surface area contributed by atoms with Gasteiger partial charge in [-0.05, 0) is 43.9 Å². The maximum atomic E-state index is 12.7. The molecule has 0 saturated heterocycles. The van der Waals surface area contributed by atoms with Gasteiger partial charge < -0.3 is 9.47 Å². The molecule has 8 heteroatoms. The van der Waals surface area contributed by atoms with E-state index >= 15 is 0 Å². The van der Waals surface area contributed by atoms with Crippen molar-refractivity contribution in [1.82, 2.24) is 4.98 Å². The van der Waals surface area contributed by atoms with Crippen LogP contribution in [0.5, 0.6) is 11.5 Å². The van der Waals surface area contributed by atoms with Crippen LogP contribution >= 0.6 is 23.2 Å². The standard InChI is InChI=1S/C19H17Cl2F2NO3/c20-14-9-24-10-15(21)13(14)8-16(25)11-5-6-17(27-19(22)23)18(7-11)26-12-3-1-2-4-12/h5-7,9-10,12,19H,1-4,8H2. The lowest BCUT2D eigenvalue weighted by molar-refractivity contribution is -0.0520. The summed E-state index contributed by atoms with van der Waals surface area (Å²) in [4.78, 5) is 16.5. The summed E-state index contributed by atoms with van der Waals surface area (Å²) in [7, 11) is 0. The van der Waals surface area contributed by atoms with Crippen LogP contribution < -0.4 is 9.47 Å². The van der Waals surface area contributed by atoms with Crippen molar-refractivity contribution in [2.75, 3.05) is 0 Å². The van der Waals surface area contributed by atoms with Crippen LogP contribution in [0.2, 0.25) is 10.0 Å². The summed E-state index contributed by atoms with van der Waals surface area (Å²) in [6.45, 7) is -2.98. The highest BCUT2D eigenvalue weighted by Crippen LogP contribution is 2.34. The summed E-state index contributed by atoms with van der Waals surface area (Å²) in [6, 6.07) is 4.17. The first-order valence-electron chi connectivity index (χ1n) is 8.50. The molecule has 144 valence electrons. The molecule has 27 heavy (non-hydrogen) atoms. The number of alkyl halides is 2. The zero-order valence-electron chi connectivity index (χ0n) is 14.3. The zero-order chi connectivity index (χ0) is 19.4. The lowest BCUT2D eigenvalue weighted by atomic mass is 10.0. The number of ketones is 1. The van der Waals surface area contributed by atoms with Crippen molar-refractivity contribution < 1.29 is 23.0 Å². The largest absolute Gasteiger partial charge is 0.487 e. The summed E-state index contributed by atoms with van der Waals surface area (Å²) in [5.74, 6) is -0.224. The average Bonchev–Trinajstić information content (AvgIpc) is 3.12. The number of carbonyl (C=O) groups excluding carboxylic acids is 1. The van der Waals surface area contributed by atoms with E-state index in [1.807, 2.05) is 0 Å². The Labute approximate surface area is 165 Å². The fourth-order valence-electron chi connectivity index (χ4n) is 3.02. The maximum absolute atomic E-state index is 12.7. The van der Waals surface area contributed by atoms with Crippen LogP contribution in [-0.2, 0) is 6.42 Å². The SMILES string of the molecule is O=C(Cc1c(Cl)cncc1Cl)c1ccc(OC(F)F)c(OC2CCCC2)c1. The number of rotatable bonds is 7. The van der Waals surface area contributed by atoms with Crippen LogP contribution in [0.4, 0.5) is 8.78 Å². The molecule has 0 radical (unpaired) electrons. The number of ether oxygens (including phenoxy) is 2. The van der Waals surface area contributed by atoms with Crippen LogP contribution in [0, 0.1) is 0 Å². The lowest BCUT2D eigenvalue weighted by Gasteiger charge is -2.17. The molecule has 3 rings (SSSR count). The molecule has 0 amide bonds. The van der Waals surface area contributed by atoms with Gasteiger partial charge in [0.25, 0.3) is 0 Å². The highest BCUT2D eigenvalue weighted by atomic mass is 35.5. The van der Waals surface area contributed by atoms with E-state index in [2.05, 4.69) is 9.72 Å². The number of hydrogen-bond donors (Lipinski definition) is 0. The van der Waals surface area contributed by atoms with Gasteiger partial charge in [0.2, 0.25) is 0 Å². The molecule has 1 aliphatic carbocycles. The number of hydrogen-bond acceptors (Lipinski definition) is 4. The highest BCUT2D eigenvalue weighted by Gasteiger charge is 2.22. The Kier molecular flexibility index (Phi) is 6.50. The Morgan fingerprint density at radius 2 is 1.81 bits per heavy atom. The Balaban J connectivity index is 1.84. The summed E-state index contributed by atoms with van der Waals surface area (Å²) in [6.07, 6.45) is 6.43. The molecule has 1 aromatic heterocycles. The third kappa shape index (κ3) is 5.08. The minimum atomic E-state index is -2.98. The van der Waals surface area contributed by atoms with Crippen molar-refractivity contribution in [1.29, 1.82) is 0 Å². The van der Waals surface area contributed by atoms with Crippen molar-refractivity contribution in [2.24, 2.45) is 0 Å². The lowest BCUT2D eigenvalue weighted by Crippen LogP contribution is -2.14. The molecule has 0 aliphatic heterocycles. The second-order valence-electron chi connectivity index (χ2n) is 6.25. The first kappa shape index (κ1) is 19.8. The van der Waals surface area contributed by atoms with Gasteiger partial charge in [0.05, 0.1) is 16.1 Å². The molecule has 1 aromatic carbocycles. The Hall–Kier alpha value is -1.92. The van der Waals surface area contributed by atoms with Crippen molar-refractivity contribution in [3.05, 3.63) is 51.8 Å². The van der Waals surface area contributed by atoms with Gasteiger partial charge in [-0.2, -0.15) is 8.78 Å². The van der Waals surface area contributed by atoms with Gasteiger partial charge in [0.15, 0.2) is 17.3 Å². The number of halogens is 4. The molecule has 1 aliphatic rings. The first-order chi connectivity index (χ1) is 12.9. The van der Waals surface area contributed by atoms with Gasteiger partial charge in [-0.25, -0.2) is 0 Å². The van der Waals surface area contributed by atoms with Crippen LogP contribution in [0.25, 0.3) is 0 Å². The third-order valence-corrected chi connectivity index (χ3v) is 5.02. The second kappa shape index (κ2) is 8.85. The van der Waals surface area contributed by atoms with Crippen molar-refractivity contribution >= 4 is 29.0 Å². The summed E-state index contributed by atoms with van der Waals surface area (Å²) >= 11 is 12.1. The second-order valence-corrected chi connectivity index (χ2v) is 7.06. The molecule has 0 N–H and O–H groups in total. The number of carbonyl (C=O) groups is 1. The van der Waals surface area contributed by atoms with Gasteiger partial charge >= 0.3 is 6.61 Å². The van der Waals surface area contributed by atoms with Crippen molar-refractivity contribution in [3.8, 4) is 11.5 Å². The molecule has 0 bridgehead atoms. The number of Topliss-reactive ketones (excluding diaryl/α,β-unsaturated/α-hetero) is 1. The molecule has 4 nitrogen and oxygen atoms in total. The van der Waals surface area contributed by atoms with Gasteiger partial charge in [-0.15, -0.1) is 0 Å². The Morgan fingerprint density at radius 1 is 1.15 bits per heavy atom. The number of aromatic nitrogens is 1. The number of nitrogens with zero attached hydrogens (tertiary/aromatic N) is 1. The van der Waals surface area contributed by atoms with Crippen molar-refractivity contribution in [2.45, 2.75) is 44.8 Å². The van der Waals surface area contributed by atoms with E-state index in [-0.39, 0.29) is 39.9 Å². The van der Waals surface area contributed by atoms with Gasteiger partial charge in [0, 0.05) is 29.9 Å². The topological polar surface area (TPSA) is 48.4 Å². The van der Waals surface area contributed by atoms with E-state index < -0.39 is 6.61 Å². The Morgan fingerprint density at radius 3 is 2.44 bits per heavy atom. The minimum Gasteiger partial charge on any atom is -0.487 e. The predicted molar refractivity (Wildman–Crippen MR) is 98.2 cm³/mol. The molecule has 1 saturated carbocycles. The fourth-order valence-corrected chi connectivity index (χ4v) is 3.52. The number of benzene rings is 1. The van der Waals surface area contributed by atoms with Crippen LogP contribution in [0.15, 0.2) is 30.6 Å². The van der Waals surface area contributed by atoms with Crippen molar-refractivity contribution in [3.63, 3.8) is 0 Å². The van der Waals surface area contributed by atoms with E-state index in [9.17, 15) is 13.6 Å². The first-order valence-corrected chi connectivity index (χ1v) is 9.26. The fraction of sp³-hybridized carbons (Fsp3) is 0.368. The monoisotopic (exact) mass is 415 g/mol. The van der Waals surface area contributed by atoms with Crippen LogP contribution in [-0.4, -0.2) is 23.5 Å². The van der Waals surface area contributed by atoms with E-state index in [4.69, 9.17) is 27.9 Å². The van der Waals surface area contributed by atoms with Crippen LogP contribution in [0.1, 0.15) is 41.6 Å². The summed E-state index contributed by atoms with van der Waals surface area (Å²) in [5, 5.41) is 0.576. The van der Waals surface area contributed by atoms with Gasteiger partial charge in [-0.3, -0.25) is 9.78 Å². The molecular formula is C19H17Cl2F2NO3. The van der Waals surface area contributed by atoms with E-state index in [0.717, 1.165) is 25.7 Å². The smallest absolute Gasteiger partial charge is 0.387 e. The average molecular weight is 416 g/mol. The molecule has 1 heterocycles. The van der Waals surface area contributed by atoms with Crippen LogP contribution in [0.3, 0.4) is 0 Å². The maximum Gasteiger partial charge on any atom is 0.387 e. The zero-order valence-corrected chi connectivity index (χ0v) is 15.8. The molecule has 0 unspecified atom stereocenters. The van der Waals surface area contributed by atoms with Gasteiger partial charge in [-0.1, -0.05) is 23.2 Å². The molecular weight excluding hydrogens is 399 g/mol. The highest BCUT2D eigenvalue weighted by molar-refractivity contribution is 6.36. The summed E-state index contributed by atoms with van der Waals surface area (Å²) < 4.78 is 35.7. The Bertz CT molecular complexity index is 806. The van der Waals surface area contributed by atoms with Gasteiger partial charge in [0.1, 0.15) is 0 Å². The molecule has 0 atom stereocenters. The van der Waals surface area contributed by atoms with E-state index in [0.29, 0.717) is 11.1 Å². The molecule has 0 spiro atoms. The minimum absolute atomic E-state index is 0.0435. The molecule has 1 fully saturated rings. The van der Waals surface area contributed by atoms with E-state index in [1.165, 1.54) is 30.6 Å². The molecule has 2 aromatic rings. The third-order valence-electron chi connectivity index (χ3n) is 4.37. The summed E-state index contributed by atoms with van der Waals surface area (Å²) in [5.41, 5.74) is 0.762. The normalized spacial score (nSPS) is 14.6. The predicted octanol–water partition coefficient (Wildman–Crippen LogP) is 5.74. The number of pyridine rings is 1.